The summed E-state index contributed by atoms with van der Waals surface area (Å²) in [5, 5.41) is 13.4. The van der Waals surface area contributed by atoms with Gasteiger partial charge in [-0.3, -0.25) is 9.69 Å². The largest absolute Gasteiger partial charge is 0.343 e. The van der Waals surface area contributed by atoms with Gasteiger partial charge in [0.25, 0.3) is 0 Å². The molecule has 1 aromatic heterocycles. The lowest BCUT2D eigenvalue weighted by Gasteiger charge is -2.28. The summed E-state index contributed by atoms with van der Waals surface area (Å²) in [6.07, 6.45) is 0.348. The van der Waals surface area contributed by atoms with E-state index in [2.05, 4.69) is 18.1 Å². The molecule has 138 valence electrons. The van der Waals surface area contributed by atoms with Crippen molar-refractivity contribution < 1.29 is 4.79 Å². The fourth-order valence-corrected chi connectivity index (χ4v) is 2.95. The number of aromatic nitrogens is 2. The van der Waals surface area contributed by atoms with Gasteiger partial charge in [-0.25, -0.2) is 4.68 Å². The Hall–Kier alpha value is -2.65. The second-order valence-corrected chi connectivity index (χ2v) is 6.66. The van der Waals surface area contributed by atoms with Crippen LogP contribution < -0.4 is 0 Å². The molecule has 0 N–H and O–H groups in total. The highest BCUT2D eigenvalue weighted by Crippen LogP contribution is 2.20. The number of rotatable bonds is 7. The number of hydrogen-bond acceptors (Lipinski definition) is 4. The van der Waals surface area contributed by atoms with Crippen molar-refractivity contribution >= 4 is 5.91 Å². The fraction of sp³-hybridized carbons (Fsp3) is 0.450. The van der Waals surface area contributed by atoms with Crippen LogP contribution >= 0.6 is 0 Å². The molecule has 0 aliphatic rings. The van der Waals surface area contributed by atoms with Gasteiger partial charge in [0.2, 0.25) is 5.91 Å². The van der Waals surface area contributed by atoms with Crippen LogP contribution in [0.5, 0.6) is 0 Å². The van der Waals surface area contributed by atoms with Crippen LogP contribution in [0.15, 0.2) is 30.3 Å². The molecule has 0 fully saturated rings. The third-order valence-corrected chi connectivity index (χ3v) is 4.80. The number of carbonyl (C=O) groups is 1. The molecule has 0 aliphatic heterocycles. The van der Waals surface area contributed by atoms with Crippen LogP contribution in [0.3, 0.4) is 0 Å². The molecular weight excluding hydrogens is 326 g/mol. The Morgan fingerprint density at radius 3 is 2.54 bits per heavy atom. The zero-order valence-electron chi connectivity index (χ0n) is 16.2. The molecule has 6 heteroatoms. The van der Waals surface area contributed by atoms with E-state index in [1.165, 1.54) is 0 Å². The normalized spacial score (nSPS) is 12.0. The van der Waals surface area contributed by atoms with Crippen molar-refractivity contribution in [3.8, 4) is 11.8 Å². The van der Waals surface area contributed by atoms with E-state index in [-0.39, 0.29) is 11.9 Å². The Labute approximate surface area is 155 Å². The van der Waals surface area contributed by atoms with Gasteiger partial charge in [0, 0.05) is 31.4 Å². The van der Waals surface area contributed by atoms with Gasteiger partial charge in [-0.15, -0.1) is 0 Å². The number of benzene rings is 1. The molecule has 1 atom stereocenters. The predicted molar refractivity (Wildman–Crippen MR) is 102 cm³/mol. The first kappa shape index (κ1) is 19.7. The van der Waals surface area contributed by atoms with Crippen LogP contribution in [0.4, 0.5) is 0 Å². The first-order valence-corrected chi connectivity index (χ1v) is 8.79. The molecule has 0 spiro atoms. The van der Waals surface area contributed by atoms with Gasteiger partial charge >= 0.3 is 0 Å². The summed E-state index contributed by atoms with van der Waals surface area (Å²) in [5.74, 6) is 0.0218. The maximum atomic E-state index is 12.5. The van der Waals surface area contributed by atoms with Crippen LogP contribution in [0.25, 0.3) is 5.69 Å². The van der Waals surface area contributed by atoms with Gasteiger partial charge in [0.05, 0.1) is 29.9 Å². The number of nitriles is 1. The molecule has 2 rings (SSSR count). The number of amides is 1. The first-order chi connectivity index (χ1) is 12.4. The van der Waals surface area contributed by atoms with Gasteiger partial charge in [-0.05, 0) is 40.0 Å². The minimum atomic E-state index is -0.266. The summed E-state index contributed by atoms with van der Waals surface area (Å²) in [6, 6.07) is 11.8. The topological polar surface area (TPSA) is 65.2 Å². The van der Waals surface area contributed by atoms with E-state index in [0.29, 0.717) is 19.5 Å². The molecule has 1 heterocycles. The van der Waals surface area contributed by atoms with E-state index in [1.807, 2.05) is 60.8 Å². The van der Waals surface area contributed by atoms with E-state index in [0.717, 1.165) is 22.6 Å². The molecule has 1 unspecified atom stereocenters. The van der Waals surface area contributed by atoms with Gasteiger partial charge in [-0.1, -0.05) is 18.2 Å². The summed E-state index contributed by atoms with van der Waals surface area (Å²) in [4.78, 5) is 16.2. The van der Waals surface area contributed by atoms with E-state index in [1.54, 1.807) is 11.9 Å². The minimum Gasteiger partial charge on any atom is -0.343 e. The van der Waals surface area contributed by atoms with Gasteiger partial charge < -0.3 is 4.90 Å². The monoisotopic (exact) mass is 353 g/mol. The highest BCUT2D eigenvalue weighted by atomic mass is 16.2. The molecule has 0 saturated carbocycles. The van der Waals surface area contributed by atoms with Crippen LogP contribution in [0, 0.1) is 25.2 Å². The smallest absolute Gasteiger partial charge is 0.239 e. The molecule has 1 amide bonds. The Bertz CT molecular complexity index is 791. The number of para-hydroxylation sites is 1. The summed E-state index contributed by atoms with van der Waals surface area (Å²) in [6.45, 7) is 7.06. The van der Waals surface area contributed by atoms with Crippen LogP contribution in [-0.2, 0) is 11.3 Å². The Morgan fingerprint density at radius 2 is 1.92 bits per heavy atom. The minimum absolute atomic E-state index is 0.0218. The number of aryl methyl sites for hydroxylation is 1. The Morgan fingerprint density at radius 1 is 1.27 bits per heavy atom. The van der Waals surface area contributed by atoms with Gasteiger partial charge in [-0.2, -0.15) is 10.4 Å². The number of nitrogens with zero attached hydrogens (tertiary/aromatic N) is 5. The lowest BCUT2D eigenvalue weighted by Crippen LogP contribution is -2.44. The SMILES string of the molecule is Cc1nn(-c2ccccc2)c(C)c1CN(C)C(C)C(=O)N(C)CCC#N. The summed E-state index contributed by atoms with van der Waals surface area (Å²) >= 11 is 0. The average molecular weight is 353 g/mol. The maximum absolute atomic E-state index is 12.5. The molecule has 2 aromatic rings. The highest BCUT2D eigenvalue weighted by molar-refractivity contribution is 5.81. The van der Waals surface area contributed by atoms with E-state index < -0.39 is 0 Å². The number of carbonyl (C=O) groups excluding carboxylic acids is 1. The number of likely N-dealkylation sites (N-methyl/N-ethyl adjacent to an activating group) is 2. The molecular formula is C20H27N5O. The van der Waals surface area contributed by atoms with E-state index in [4.69, 9.17) is 5.26 Å². The lowest BCUT2D eigenvalue weighted by atomic mass is 10.1. The van der Waals surface area contributed by atoms with Crippen LogP contribution in [0.2, 0.25) is 0 Å². The maximum Gasteiger partial charge on any atom is 0.239 e. The molecule has 0 saturated heterocycles. The summed E-state index contributed by atoms with van der Waals surface area (Å²) < 4.78 is 1.95. The standard InChI is InChI=1S/C20H27N5O/c1-15-19(16(2)25(22-15)18-10-7-6-8-11-18)14-24(5)17(3)20(26)23(4)13-9-12-21/h6-8,10-11,17H,9,13-14H2,1-5H3. The molecule has 0 bridgehead atoms. The van der Waals surface area contributed by atoms with E-state index >= 15 is 0 Å². The van der Waals surface area contributed by atoms with Crippen LogP contribution in [-0.4, -0.2) is 52.2 Å². The molecule has 6 nitrogen and oxygen atoms in total. The second-order valence-electron chi connectivity index (χ2n) is 6.66. The lowest BCUT2D eigenvalue weighted by molar-refractivity contribution is -0.134. The summed E-state index contributed by atoms with van der Waals surface area (Å²) in [7, 11) is 3.69. The van der Waals surface area contributed by atoms with Crippen molar-refractivity contribution in [2.45, 2.75) is 39.8 Å². The van der Waals surface area contributed by atoms with E-state index in [9.17, 15) is 4.79 Å². The van der Waals surface area contributed by atoms with Gasteiger partial charge in [0.1, 0.15) is 0 Å². The Balaban J connectivity index is 2.14. The van der Waals surface area contributed by atoms with Gasteiger partial charge in [0.15, 0.2) is 0 Å². The zero-order valence-corrected chi connectivity index (χ0v) is 16.2. The Kier molecular flexibility index (Phi) is 6.53. The quantitative estimate of drug-likeness (QED) is 0.768. The van der Waals surface area contributed by atoms with Crippen molar-refractivity contribution in [2.24, 2.45) is 0 Å². The predicted octanol–water partition coefficient (Wildman–Crippen LogP) is 2.68. The molecule has 26 heavy (non-hydrogen) atoms. The number of hydrogen-bond donors (Lipinski definition) is 0. The van der Waals surface area contributed by atoms with Crippen molar-refractivity contribution in [1.29, 1.82) is 5.26 Å². The third kappa shape index (κ3) is 4.30. The van der Waals surface area contributed by atoms with Crippen molar-refractivity contribution in [2.75, 3.05) is 20.6 Å². The van der Waals surface area contributed by atoms with Crippen molar-refractivity contribution in [1.82, 2.24) is 19.6 Å². The fourth-order valence-electron chi connectivity index (χ4n) is 2.95. The first-order valence-electron chi connectivity index (χ1n) is 8.79. The summed E-state index contributed by atoms with van der Waals surface area (Å²) in [5.41, 5.74) is 4.21. The van der Waals surface area contributed by atoms with Crippen molar-refractivity contribution in [3.05, 3.63) is 47.3 Å². The second kappa shape index (κ2) is 8.63. The molecule has 0 radical (unpaired) electrons. The molecule has 0 aliphatic carbocycles. The third-order valence-electron chi connectivity index (χ3n) is 4.80. The van der Waals surface area contributed by atoms with Crippen molar-refractivity contribution in [3.63, 3.8) is 0 Å². The average Bonchev–Trinajstić information content (AvgIpc) is 2.93. The molecule has 1 aromatic carbocycles. The zero-order chi connectivity index (χ0) is 19.3. The highest BCUT2D eigenvalue weighted by Gasteiger charge is 2.23. The van der Waals surface area contributed by atoms with Crippen LogP contribution in [0.1, 0.15) is 30.3 Å².